The van der Waals surface area contributed by atoms with Gasteiger partial charge in [0, 0.05) is 30.0 Å². The minimum absolute atomic E-state index is 0.0651. The van der Waals surface area contributed by atoms with Gasteiger partial charge in [-0.05, 0) is 12.8 Å². The summed E-state index contributed by atoms with van der Waals surface area (Å²) in [4.78, 5) is 16.2. The number of nitrogens with zero attached hydrogens (tertiary/aromatic N) is 3. The zero-order valence-corrected chi connectivity index (χ0v) is 13.6. The molecule has 2 aromatic rings. The topological polar surface area (TPSA) is 96.7 Å². The number of carbonyl (C=O) groups is 1. The third kappa shape index (κ3) is 4.41. The predicted octanol–water partition coefficient (Wildman–Crippen LogP) is 2.61. The van der Waals surface area contributed by atoms with E-state index < -0.39 is 0 Å². The van der Waals surface area contributed by atoms with Crippen molar-refractivity contribution in [3.05, 3.63) is 23.5 Å². The molecule has 0 fully saturated rings. The first-order chi connectivity index (χ1) is 10.4. The maximum Gasteiger partial charge on any atom is 0.226 e. The molecule has 0 bridgehead atoms. The molecule has 2 aromatic heterocycles. The van der Waals surface area contributed by atoms with Crippen molar-refractivity contribution in [1.82, 2.24) is 20.3 Å². The zero-order chi connectivity index (χ0) is 16.2. The maximum absolute atomic E-state index is 11.8. The van der Waals surface area contributed by atoms with Gasteiger partial charge in [0.1, 0.15) is 0 Å². The highest BCUT2D eigenvalue weighted by Crippen LogP contribution is 2.19. The van der Waals surface area contributed by atoms with Gasteiger partial charge in [-0.15, -0.1) is 0 Å². The van der Waals surface area contributed by atoms with Crippen molar-refractivity contribution in [3.8, 4) is 0 Å². The molecular weight excluding hydrogens is 282 g/mol. The van der Waals surface area contributed by atoms with Gasteiger partial charge in [-0.1, -0.05) is 32.9 Å². The number of carbonyl (C=O) groups excluding carboxylic acids is 1. The van der Waals surface area contributed by atoms with Crippen LogP contribution in [0.5, 0.6) is 0 Å². The molecule has 120 valence electrons. The molecule has 2 heterocycles. The van der Waals surface area contributed by atoms with Crippen LogP contribution >= 0.6 is 0 Å². The molecule has 0 aliphatic heterocycles. The second kappa shape index (κ2) is 6.72. The Bertz CT molecular complexity index is 624. The van der Waals surface area contributed by atoms with E-state index in [1.165, 1.54) is 0 Å². The number of hydrogen-bond acceptors (Lipinski definition) is 5. The SMILES string of the molecule is CCc1cc(NC(=O)CCCc2nc(C(C)(C)C)no2)n[nH]1. The number of rotatable bonds is 6. The van der Waals surface area contributed by atoms with Gasteiger partial charge in [0.2, 0.25) is 11.8 Å². The van der Waals surface area contributed by atoms with Crippen molar-refractivity contribution >= 4 is 11.7 Å². The van der Waals surface area contributed by atoms with Gasteiger partial charge in [-0.25, -0.2) is 0 Å². The van der Waals surface area contributed by atoms with Crippen molar-refractivity contribution in [2.75, 3.05) is 5.32 Å². The lowest BCUT2D eigenvalue weighted by molar-refractivity contribution is -0.116. The Hall–Kier alpha value is -2.18. The van der Waals surface area contributed by atoms with Crippen LogP contribution in [0.2, 0.25) is 0 Å². The lowest BCUT2D eigenvalue weighted by Gasteiger charge is -2.10. The molecule has 0 saturated heterocycles. The van der Waals surface area contributed by atoms with Gasteiger partial charge < -0.3 is 9.84 Å². The first-order valence-electron chi connectivity index (χ1n) is 7.55. The van der Waals surface area contributed by atoms with Crippen LogP contribution < -0.4 is 5.32 Å². The number of anilines is 1. The Balaban J connectivity index is 1.76. The molecular formula is C15H23N5O2. The van der Waals surface area contributed by atoms with E-state index in [4.69, 9.17) is 4.52 Å². The summed E-state index contributed by atoms with van der Waals surface area (Å²) >= 11 is 0. The highest BCUT2D eigenvalue weighted by molar-refractivity contribution is 5.89. The fourth-order valence-electron chi connectivity index (χ4n) is 1.87. The molecule has 7 nitrogen and oxygen atoms in total. The number of nitrogens with one attached hydrogen (secondary N) is 2. The largest absolute Gasteiger partial charge is 0.339 e. The van der Waals surface area contributed by atoms with E-state index in [9.17, 15) is 4.79 Å². The Morgan fingerprint density at radius 2 is 2.18 bits per heavy atom. The first-order valence-corrected chi connectivity index (χ1v) is 7.55. The summed E-state index contributed by atoms with van der Waals surface area (Å²) in [5, 5.41) is 13.6. The van der Waals surface area contributed by atoms with Crippen LogP contribution in [0.15, 0.2) is 10.6 Å². The average Bonchev–Trinajstić information content (AvgIpc) is 3.07. The van der Waals surface area contributed by atoms with Crippen molar-refractivity contribution in [3.63, 3.8) is 0 Å². The van der Waals surface area contributed by atoms with Gasteiger partial charge in [0.15, 0.2) is 11.6 Å². The highest BCUT2D eigenvalue weighted by atomic mass is 16.5. The summed E-state index contributed by atoms with van der Waals surface area (Å²) in [5.41, 5.74) is 0.867. The summed E-state index contributed by atoms with van der Waals surface area (Å²) in [6.07, 6.45) is 2.50. The molecule has 1 amide bonds. The predicted molar refractivity (Wildman–Crippen MR) is 82.5 cm³/mol. The van der Waals surface area contributed by atoms with Crippen molar-refractivity contribution < 1.29 is 9.32 Å². The van der Waals surface area contributed by atoms with Crippen LogP contribution in [-0.2, 0) is 23.1 Å². The zero-order valence-electron chi connectivity index (χ0n) is 13.6. The van der Waals surface area contributed by atoms with Crippen molar-refractivity contribution in [2.24, 2.45) is 0 Å². The summed E-state index contributed by atoms with van der Waals surface area (Å²) in [7, 11) is 0. The quantitative estimate of drug-likeness (QED) is 0.855. The van der Waals surface area contributed by atoms with E-state index in [0.29, 0.717) is 36.8 Å². The number of aryl methyl sites for hydroxylation is 2. The third-order valence-electron chi connectivity index (χ3n) is 3.21. The normalized spacial score (nSPS) is 11.6. The number of H-pyrrole nitrogens is 1. The monoisotopic (exact) mass is 305 g/mol. The summed E-state index contributed by atoms with van der Waals surface area (Å²) in [6, 6.07) is 1.84. The van der Waals surface area contributed by atoms with Gasteiger partial charge >= 0.3 is 0 Å². The van der Waals surface area contributed by atoms with E-state index in [1.54, 1.807) is 0 Å². The van der Waals surface area contributed by atoms with Gasteiger partial charge in [0.05, 0.1) is 0 Å². The molecule has 0 aliphatic rings. The van der Waals surface area contributed by atoms with Gasteiger partial charge in [0.25, 0.3) is 0 Å². The van der Waals surface area contributed by atoms with Gasteiger partial charge in [-0.2, -0.15) is 10.1 Å². The van der Waals surface area contributed by atoms with E-state index in [2.05, 4.69) is 25.7 Å². The fourth-order valence-corrected chi connectivity index (χ4v) is 1.87. The highest BCUT2D eigenvalue weighted by Gasteiger charge is 2.20. The smallest absolute Gasteiger partial charge is 0.226 e. The number of aromatic nitrogens is 4. The van der Waals surface area contributed by atoms with E-state index in [0.717, 1.165) is 12.1 Å². The van der Waals surface area contributed by atoms with Crippen molar-refractivity contribution in [2.45, 2.75) is 58.8 Å². The second-order valence-corrected chi connectivity index (χ2v) is 6.30. The Morgan fingerprint density at radius 1 is 1.41 bits per heavy atom. The van der Waals surface area contributed by atoms with Crippen LogP contribution in [0.1, 0.15) is 57.9 Å². The van der Waals surface area contributed by atoms with Crippen LogP contribution in [0.3, 0.4) is 0 Å². The number of amides is 1. The molecule has 0 saturated carbocycles. The minimum atomic E-state index is -0.129. The number of aromatic amines is 1. The van der Waals surface area contributed by atoms with Crippen molar-refractivity contribution in [1.29, 1.82) is 0 Å². The molecule has 0 aliphatic carbocycles. The Morgan fingerprint density at radius 3 is 2.77 bits per heavy atom. The standard InChI is InChI=1S/C15H23N5O2/c1-5-10-9-11(19-18-10)16-12(21)7-6-8-13-17-14(20-22-13)15(2,3)4/h9H,5-8H2,1-4H3,(H2,16,18,19,21). The molecule has 0 spiro atoms. The second-order valence-electron chi connectivity index (χ2n) is 6.30. The summed E-state index contributed by atoms with van der Waals surface area (Å²) in [5.74, 6) is 1.76. The van der Waals surface area contributed by atoms with Crippen LogP contribution in [-0.4, -0.2) is 26.2 Å². The van der Waals surface area contributed by atoms with E-state index >= 15 is 0 Å². The van der Waals surface area contributed by atoms with E-state index in [-0.39, 0.29) is 11.3 Å². The average molecular weight is 305 g/mol. The molecule has 2 N–H and O–H groups in total. The maximum atomic E-state index is 11.8. The fraction of sp³-hybridized carbons (Fsp3) is 0.600. The molecule has 7 heteroatoms. The lowest BCUT2D eigenvalue weighted by atomic mass is 9.96. The molecule has 0 radical (unpaired) electrons. The summed E-state index contributed by atoms with van der Waals surface area (Å²) < 4.78 is 5.20. The number of hydrogen-bond donors (Lipinski definition) is 2. The summed E-state index contributed by atoms with van der Waals surface area (Å²) in [6.45, 7) is 8.12. The molecule has 0 unspecified atom stereocenters. The molecule has 0 aromatic carbocycles. The minimum Gasteiger partial charge on any atom is -0.339 e. The molecule has 22 heavy (non-hydrogen) atoms. The Labute approximate surface area is 129 Å². The van der Waals surface area contributed by atoms with Gasteiger partial charge in [-0.3, -0.25) is 9.89 Å². The van der Waals surface area contributed by atoms with Crippen LogP contribution in [0, 0.1) is 0 Å². The Kier molecular flexibility index (Phi) is 4.95. The lowest BCUT2D eigenvalue weighted by Crippen LogP contribution is -2.13. The third-order valence-corrected chi connectivity index (χ3v) is 3.21. The molecule has 0 atom stereocenters. The first kappa shape index (κ1) is 16.2. The van der Waals surface area contributed by atoms with Crippen LogP contribution in [0.25, 0.3) is 0 Å². The van der Waals surface area contributed by atoms with Crippen LogP contribution in [0.4, 0.5) is 5.82 Å². The molecule has 2 rings (SSSR count). The van der Waals surface area contributed by atoms with E-state index in [1.807, 2.05) is 33.8 Å².